The van der Waals surface area contributed by atoms with Gasteiger partial charge in [0.15, 0.2) is 6.61 Å². The number of halogens is 1. The second kappa shape index (κ2) is 10.6. The van der Waals surface area contributed by atoms with E-state index in [1.807, 2.05) is 48.5 Å². The minimum absolute atomic E-state index is 0.190. The molecule has 0 unspecified atom stereocenters. The molecule has 33 heavy (non-hydrogen) atoms. The number of hydrazone groups is 1. The number of amides is 1. The van der Waals surface area contributed by atoms with Gasteiger partial charge in [0.05, 0.1) is 11.8 Å². The molecule has 4 rings (SSSR count). The van der Waals surface area contributed by atoms with Crippen molar-refractivity contribution in [3.05, 3.63) is 107 Å². The molecule has 0 saturated heterocycles. The highest BCUT2D eigenvalue weighted by molar-refractivity contribution is 9.10. The van der Waals surface area contributed by atoms with Crippen LogP contribution in [-0.4, -0.2) is 24.7 Å². The Hall–Kier alpha value is -3.97. The lowest BCUT2D eigenvalue weighted by Crippen LogP contribution is -2.24. The highest BCUT2D eigenvalue weighted by Gasteiger charge is 2.11. The molecule has 0 bridgehead atoms. The first-order valence-electron chi connectivity index (χ1n) is 10.1. The fourth-order valence-electron chi connectivity index (χ4n) is 3.06. The number of rotatable bonds is 7. The second-order valence-corrected chi connectivity index (χ2v) is 7.94. The lowest BCUT2D eigenvalue weighted by atomic mass is 10.1. The summed E-state index contributed by atoms with van der Waals surface area (Å²) < 4.78 is 11.8. The summed E-state index contributed by atoms with van der Waals surface area (Å²) >= 11 is 3.39. The van der Waals surface area contributed by atoms with Gasteiger partial charge in [0, 0.05) is 10.0 Å². The minimum Gasteiger partial charge on any atom is -0.484 e. The van der Waals surface area contributed by atoms with Crippen molar-refractivity contribution in [1.29, 1.82) is 0 Å². The molecule has 1 amide bonds. The third-order valence-electron chi connectivity index (χ3n) is 4.67. The van der Waals surface area contributed by atoms with Gasteiger partial charge >= 0.3 is 5.97 Å². The summed E-state index contributed by atoms with van der Waals surface area (Å²) in [6, 6.07) is 27.3. The van der Waals surface area contributed by atoms with Crippen molar-refractivity contribution in [3.63, 3.8) is 0 Å². The molecule has 0 aliphatic heterocycles. The smallest absolute Gasteiger partial charge is 0.343 e. The third-order valence-corrected chi connectivity index (χ3v) is 5.16. The number of fused-ring (bicyclic) bond motifs is 1. The van der Waals surface area contributed by atoms with Crippen LogP contribution in [0.4, 0.5) is 0 Å². The standard InChI is InChI=1S/C26H19BrN2O4/c27-22-11-13-24(33-26(31)19-7-2-1-3-8-19)21(14-22)16-28-29-25(30)17-32-23-12-10-18-6-4-5-9-20(18)15-23/h1-16H,17H2,(H,29,30)/b28-16+. The van der Waals surface area contributed by atoms with Gasteiger partial charge in [-0.3, -0.25) is 4.79 Å². The molecule has 0 spiro atoms. The van der Waals surface area contributed by atoms with Crippen molar-refractivity contribution < 1.29 is 19.1 Å². The van der Waals surface area contributed by atoms with E-state index in [0.717, 1.165) is 15.2 Å². The molecular weight excluding hydrogens is 484 g/mol. The van der Waals surface area contributed by atoms with Gasteiger partial charge in [-0.05, 0) is 53.2 Å². The topological polar surface area (TPSA) is 77.0 Å². The average molecular weight is 503 g/mol. The molecular formula is C26H19BrN2O4. The largest absolute Gasteiger partial charge is 0.484 e. The Morgan fingerprint density at radius 3 is 2.45 bits per heavy atom. The van der Waals surface area contributed by atoms with Gasteiger partial charge in [0.2, 0.25) is 0 Å². The molecule has 0 heterocycles. The number of hydrogen-bond acceptors (Lipinski definition) is 5. The van der Waals surface area contributed by atoms with Crippen molar-refractivity contribution in [2.45, 2.75) is 0 Å². The SMILES string of the molecule is O=C(COc1ccc2ccccc2c1)N/N=C/c1cc(Br)ccc1OC(=O)c1ccccc1. The van der Waals surface area contributed by atoms with E-state index in [1.54, 1.807) is 42.5 Å². The predicted octanol–water partition coefficient (Wildman–Crippen LogP) is 5.35. The molecule has 4 aromatic carbocycles. The van der Waals surface area contributed by atoms with Crippen LogP contribution in [0.1, 0.15) is 15.9 Å². The van der Waals surface area contributed by atoms with E-state index in [1.165, 1.54) is 6.21 Å². The van der Waals surface area contributed by atoms with Gasteiger partial charge < -0.3 is 9.47 Å². The summed E-state index contributed by atoms with van der Waals surface area (Å²) in [5, 5.41) is 6.09. The molecule has 0 aromatic heterocycles. The molecule has 0 aliphatic carbocycles. The van der Waals surface area contributed by atoms with E-state index in [9.17, 15) is 9.59 Å². The normalized spacial score (nSPS) is 10.8. The zero-order valence-electron chi connectivity index (χ0n) is 17.4. The molecule has 1 N–H and O–H groups in total. The first kappa shape index (κ1) is 22.2. The molecule has 6 nitrogen and oxygen atoms in total. The van der Waals surface area contributed by atoms with Crippen molar-refractivity contribution in [1.82, 2.24) is 5.43 Å². The summed E-state index contributed by atoms with van der Waals surface area (Å²) in [5.74, 6) is 0.00465. The molecule has 0 aliphatic rings. The number of carbonyl (C=O) groups is 2. The summed E-state index contributed by atoms with van der Waals surface area (Å²) in [6.07, 6.45) is 1.41. The number of benzene rings is 4. The van der Waals surface area contributed by atoms with Gasteiger partial charge in [0.25, 0.3) is 5.91 Å². The number of ether oxygens (including phenoxy) is 2. The van der Waals surface area contributed by atoms with E-state index < -0.39 is 11.9 Å². The van der Waals surface area contributed by atoms with Crippen molar-refractivity contribution in [3.8, 4) is 11.5 Å². The van der Waals surface area contributed by atoms with Crippen LogP contribution in [0.5, 0.6) is 11.5 Å². The van der Waals surface area contributed by atoms with Gasteiger partial charge in [-0.15, -0.1) is 0 Å². The monoisotopic (exact) mass is 502 g/mol. The zero-order chi connectivity index (χ0) is 23.0. The first-order chi connectivity index (χ1) is 16.1. The van der Waals surface area contributed by atoms with E-state index in [4.69, 9.17) is 9.47 Å². The van der Waals surface area contributed by atoms with Crippen LogP contribution >= 0.6 is 15.9 Å². The van der Waals surface area contributed by atoms with Crippen LogP contribution in [0.2, 0.25) is 0 Å². The quantitative estimate of drug-likeness (QED) is 0.160. The first-order valence-corrected chi connectivity index (χ1v) is 10.9. The van der Waals surface area contributed by atoms with Crippen molar-refractivity contribution >= 4 is 44.8 Å². The summed E-state index contributed by atoms with van der Waals surface area (Å²) in [4.78, 5) is 24.5. The fraction of sp³-hybridized carbons (Fsp3) is 0.0385. The Kier molecular flexibility index (Phi) is 7.12. The molecule has 0 radical (unpaired) electrons. The number of hydrogen-bond donors (Lipinski definition) is 1. The predicted molar refractivity (Wildman–Crippen MR) is 131 cm³/mol. The Balaban J connectivity index is 1.36. The summed E-state index contributed by atoms with van der Waals surface area (Å²) in [5.41, 5.74) is 3.37. The maximum Gasteiger partial charge on any atom is 0.343 e. The van der Waals surface area contributed by atoms with Crippen LogP contribution in [-0.2, 0) is 4.79 Å². The minimum atomic E-state index is -0.486. The van der Waals surface area contributed by atoms with Crippen LogP contribution in [0.15, 0.2) is 101 Å². The van der Waals surface area contributed by atoms with Gasteiger partial charge in [0.1, 0.15) is 11.5 Å². The maximum absolute atomic E-state index is 12.4. The Morgan fingerprint density at radius 2 is 1.64 bits per heavy atom. The van der Waals surface area contributed by atoms with Crippen molar-refractivity contribution in [2.75, 3.05) is 6.61 Å². The third kappa shape index (κ3) is 6.05. The van der Waals surface area contributed by atoms with E-state index in [0.29, 0.717) is 22.6 Å². The highest BCUT2D eigenvalue weighted by atomic mass is 79.9. The maximum atomic E-state index is 12.4. The molecule has 0 fully saturated rings. The van der Waals surface area contributed by atoms with Crippen LogP contribution in [0, 0.1) is 0 Å². The highest BCUT2D eigenvalue weighted by Crippen LogP contribution is 2.23. The number of carbonyl (C=O) groups excluding carboxylic acids is 2. The van der Waals surface area contributed by atoms with E-state index in [2.05, 4.69) is 26.5 Å². The second-order valence-electron chi connectivity index (χ2n) is 7.03. The number of nitrogens with one attached hydrogen (secondary N) is 1. The Labute approximate surface area is 199 Å². The van der Waals surface area contributed by atoms with Crippen LogP contribution < -0.4 is 14.9 Å². The van der Waals surface area contributed by atoms with Gasteiger partial charge in [-0.25, -0.2) is 10.2 Å². The average Bonchev–Trinajstić information content (AvgIpc) is 2.84. The molecule has 0 atom stereocenters. The number of nitrogens with zero attached hydrogens (tertiary/aromatic N) is 1. The lowest BCUT2D eigenvalue weighted by Gasteiger charge is -2.08. The lowest BCUT2D eigenvalue weighted by molar-refractivity contribution is -0.123. The molecule has 7 heteroatoms. The van der Waals surface area contributed by atoms with E-state index in [-0.39, 0.29) is 6.61 Å². The molecule has 164 valence electrons. The van der Waals surface area contributed by atoms with Crippen molar-refractivity contribution in [2.24, 2.45) is 5.10 Å². The van der Waals surface area contributed by atoms with Crippen LogP contribution in [0.3, 0.4) is 0 Å². The Morgan fingerprint density at radius 1 is 0.879 bits per heavy atom. The van der Waals surface area contributed by atoms with Gasteiger partial charge in [-0.2, -0.15) is 5.10 Å². The fourth-order valence-corrected chi connectivity index (χ4v) is 3.44. The zero-order valence-corrected chi connectivity index (χ0v) is 19.0. The van der Waals surface area contributed by atoms with Gasteiger partial charge in [-0.1, -0.05) is 64.5 Å². The summed E-state index contributed by atoms with van der Waals surface area (Å²) in [6.45, 7) is -0.190. The Bertz CT molecular complexity index is 1320. The number of esters is 1. The van der Waals surface area contributed by atoms with Crippen LogP contribution in [0.25, 0.3) is 10.8 Å². The summed E-state index contributed by atoms with van der Waals surface area (Å²) in [7, 11) is 0. The molecule has 0 saturated carbocycles. The molecule has 4 aromatic rings. The van der Waals surface area contributed by atoms with E-state index >= 15 is 0 Å².